The molecule has 2 N–H and O–H groups in total. The van der Waals surface area contributed by atoms with Crippen LogP contribution in [0.15, 0.2) is 53.0 Å². The first-order valence-corrected chi connectivity index (χ1v) is 8.20. The molecule has 0 fully saturated rings. The lowest BCUT2D eigenvalue weighted by atomic mass is 10.1. The molecule has 2 aromatic carbocycles. The van der Waals surface area contributed by atoms with E-state index in [2.05, 4.69) is 28.1 Å². The van der Waals surface area contributed by atoms with Crippen molar-refractivity contribution in [2.24, 2.45) is 5.73 Å². The third-order valence-electron chi connectivity index (χ3n) is 3.62. The first-order chi connectivity index (χ1) is 10.6. The average molecular weight is 361 g/mol. The summed E-state index contributed by atoms with van der Waals surface area (Å²) in [7, 11) is 0. The van der Waals surface area contributed by atoms with Crippen molar-refractivity contribution >= 4 is 21.8 Å². The van der Waals surface area contributed by atoms with Crippen LogP contribution in [0, 0.1) is 6.92 Å². The van der Waals surface area contributed by atoms with E-state index in [0.717, 1.165) is 22.0 Å². The quantitative estimate of drug-likeness (QED) is 0.857. The summed E-state index contributed by atoms with van der Waals surface area (Å²) in [4.78, 5) is 14.6. The Labute approximate surface area is 140 Å². The van der Waals surface area contributed by atoms with Crippen LogP contribution in [0.25, 0.3) is 0 Å². The highest BCUT2D eigenvalue weighted by atomic mass is 79.9. The Kier molecular flexibility index (Phi) is 6.16. The van der Waals surface area contributed by atoms with Gasteiger partial charge in [0.25, 0.3) is 5.91 Å². The standard InChI is InChI=1S/C18H21BrN2O/c1-14-13-16(19)7-8-17(14)18(22)21(12-10-20)11-9-15-5-3-2-4-6-15/h2-8,13H,9-12,20H2,1H3. The Morgan fingerprint density at radius 3 is 2.50 bits per heavy atom. The number of nitrogens with zero attached hydrogens (tertiary/aromatic N) is 1. The van der Waals surface area contributed by atoms with E-state index in [1.165, 1.54) is 5.56 Å². The van der Waals surface area contributed by atoms with Gasteiger partial charge in [0.05, 0.1) is 0 Å². The normalized spacial score (nSPS) is 10.5. The molecule has 0 radical (unpaired) electrons. The van der Waals surface area contributed by atoms with E-state index < -0.39 is 0 Å². The number of carbonyl (C=O) groups is 1. The minimum absolute atomic E-state index is 0.0476. The van der Waals surface area contributed by atoms with Crippen molar-refractivity contribution in [3.05, 3.63) is 69.7 Å². The number of halogens is 1. The fourth-order valence-electron chi connectivity index (χ4n) is 2.42. The lowest BCUT2D eigenvalue weighted by Gasteiger charge is -2.23. The van der Waals surface area contributed by atoms with E-state index in [1.807, 2.05) is 48.2 Å². The minimum atomic E-state index is 0.0476. The van der Waals surface area contributed by atoms with Crippen LogP contribution < -0.4 is 5.73 Å². The number of hydrogen-bond acceptors (Lipinski definition) is 2. The molecule has 1 amide bonds. The third kappa shape index (κ3) is 4.42. The van der Waals surface area contributed by atoms with Gasteiger partial charge in [0.15, 0.2) is 0 Å². The maximum Gasteiger partial charge on any atom is 0.254 e. The molecule has 3 nitrogen and oxygen atoms in total. The Hall–Kier alpha value is -1.65. The first kappa shape index (κ1) is 16.7. The lowest BCUT2D eigenvalue weighted by Crippen LogP contribution is -2.37. The van der Waals surface area contributed by atoms with Crippen LogP contribution in [-0.2, 0) is 6.42 Å². The molecule has 0 aliphatic heterocycles. The van der Waals surface area contributed by atoms with Crippen LogP contribution in [-0.4, -0.2) is 30.4 Å². The second-order valence-corrected chi connectivity index (χ2v) is 6.19. The highest BCUT2D eigenvalue weighted by Gasteiger charge is 2.17. The van der Waals surface area contributed by atoms with Crippen molar-refractivity contribution in [2.75, 3.05) is 19.6 Å². The van der Waals surface area contributed by atoms with E-state index in [0.29, 0.717) is 19.6 Å². The first-order valence-electron chi connectivity index (χ1n) is 7.41. The smallest absolute Gasteiger partial charge is 0.254 e. The molecule has 0 spiro atoms. The summed E-state index contributed by atoms with van der Waals surface area (Å²) in [5.74, 6) is 0.0476. The molecule has 0 bridgehead atoms. The number of hydrogen-bond donors (Lipinski definition) is 1. The SMILES string of the molecule is Cc1cc(Br)ccc1C(=O)N(CCN)CCc1ccccc1. The largest absolute Gasteiger partial charge is 0.337 e. The highest BCUT2D eigenvalue weighted by molar-refractivity contribution is 9.10. The second-order valence-electron chi connectivity index (χ2n) is 5.28. The molecular weight excluding hydrogens is 340 g/mol. The molecule has 0 unspecified atom stereocenters. The fourth-order valence-corrected chi connectivity index (χ4v) is 2.89. The molecular formula is C18H21BrN2O. The predicted molar refractivity (Wildman–Crippen MR) is 94.0 cm³/mol. The van der Waals surface area contributed by atoms with Crippen molar-refractivity contribution in [1.82, 2.24) is 4.90 Å². The number of aryl methyl sites for hydroxylation is 1. The Morgan fingerprint density at radius 1 is 1.14 bits per heavy atom. The van der Waals surface area contributed by atoms with E-state index >= 15 is 0 Å². The molecule has 4 heteroatoms. The van der Waals surface area contributed by atoms with Crippen LogP contribution in [0.2, 0.25) is 0 Å². The van der Waals surface area contributed by atoms with E-state index in [-0.39, 0.29) is 5.91 Å². The maximum absolute atomic E-state index is 12.7. The van der Waals surface area contributed by atoms with Crippen molar-refractivity contribution in [3.63, 3.8) is 0 Å². The molecule has 0 aliphatic rings. The molecule has 0 saturated carbocycles. The van der Waals surface area contributed by atoms with Crippen molar-refractivity contribution < 1.29 is 4.79 Å². The molecule has 116 valence electrons. The van der Waals surface area contributed by atoms with Crippen LogP contribution in [0.4, 0.5) is 0 Å². The Balaban J connectivity index is 2.11. The summed E-state index contributed by atoms with van der Waals surface area (Å²) in [6.07, 6.45) is 0.835. The zero-order chi connectivity index (χ0) is 15.9. The van der Waals surface area contributed by atoms with Gasteiger partial charge in [0.2, 0.25) is 0 Å². The van der Waals surface area contributed by atoms with Gasteiger partial charge < -0.3 is 10.6 Å². The maximum atomic E-state index is 12.7. The highest BCUT2D eigenvalue weighted by Crippen LogP contribution is 2.17. The van der Waals surface area contributed by atoms with Gasteiger partial charge in [-0.1, -0.05) is 46.3 Å². The number of rotatable bonds is 6. The summed E-state index contributed by atoms with van der Waals surface area (Å²) < 4.78 is 0.983. The third-order valence-corrected chi connectivity index (χ3v) is 4.11. The molecule has 0 saturated heterocycles. The van der Waals surface area contributed by atoms with Gasteiger partial charge in [0.1, 0.15) is 0 Å². The van der Waals surface area contributed by atoms with Gasteiger partial charge in [-0.05, 0) is 42.7 Å². The van der Waals surface area contributed by atoms with Gasteiger partial charge in [-0.2, -0.15) is 0 Å². The molecule has 0 aromatic heterocycles. The van der Waals surface area contributed by atoms with E-state index in [9.17, 15) is 4.79 Å². The number of amides is 1. The molecule has 2 aromatic rings. The topological polar surface area (TPSA) is 46.3 Å². The fraction of sp³-hybridized carbons (Fsp3) is 0.278. The second kappa shape index (κ2) is 8.11. The molecule has 0 aliphatic carbocycles. The van der Waals surface area contributed by atoms with Crippen LogP contribution in [0.1, 0.15) is 21.5 Å². The van der Waals surface area contributed by atoms with Crippen molar-refractivity contribution in [2.45, 2.75) is 13.3 Å². The average Bonchev–Trinajstić information content (AvgIpc) is 2.52. The van der Waals surface area contributed by atoms with Crippen molar-refractivity contribution in [1.29, 1.82) is 0 Å². The number of nitrogens with two attached hydrogens (primary N) is 1. The molecule has 0 heterocycles. The molecule has 22 heavy (non-hydrogen) atoms. The summed E-state index contributed by atoms with van der Waals surface area (Å²) in [6, 6.07) is 15.9. The van der Waals surface area contributed by atoms with Gasteiger partial charge >= 0.3 is 0 Å². The Morgan fingerprint density at radius 2 is 1.86 bits per heavy atom. The number of carbonyl (C=O) groups excluding carboxylic acids is 1. The summed E-state index contributed by atoms with van der Waals surface area (Å²) in [6.45, 7) is 3.67. The summed E-state index contributed by atoms with van der Waals surface area (Å²) in [5, 5.41) is 0. The zero-order valence-corrected chi connectivity index (χ0v) is 14.3. The lowest BCUT2D eigenvalue weighted by molar-refractivity contribution is 0.0761. The van der Waals surface area contributed by atoms with Crippen molar-refractivity contribution in [3.8, 4) is 0 Å². The predicted octanol–water partition coefficient (Wildman–Crippen LogP) is 3.40. The Bertz CT molecular complexity index is 628. The molecule has 2 rings (SSSR count). The zero-order valence-electron chi connectivity index (χ0n) is 12.8. The van der Waals surface area contributed by atoms with Crippen LogP contribution in [0.5, 0.6) is 0 Å². The van der Waals surface area contributed by atoms with Gasteiger partial charge in [-0.3, -0.25) is 4.79 Å². The summed E-state index contributed by atoms with van der Waals surface area (Å²) in [5.41, 5.74) is 8.62. The van der Waals surface area contributed by atoms with Gasteiger partial charge in [0, 0.05) is 29.7 Å². The minimum Gasteiger partial charge on any atom is -0.337 e. The van der Waals surface area contributed by atoms with E-state index in [4.69, 9.17) is 5.73 Å². The van der Waals surface area contributed by atoms with Crippen LogP contribution in [0.3, 0.4) is 0 Å². The van der Waals surface area contributed by atoms with Gasteiger partial charge in [-0.25, -0.2) is 0 Å². The van der Waals surface area contributed by atoms with Gasteiger partial charge in [-0.15, -0.1) is 0 Å². The summed E-state index contributed by atoms with van der Waals surface area (Å²) >= 11 is 3.43. The molecule has 0 atom stereocenters. The number of benzene rings is 2. The van der Waals surface area contributed by atoms with E-state index in [1.54, 1.807) is 0 Å². The monoisotopic (exact) mass is 360 g/mol. The van der Waals surface area contributed by atoms with Crippen LogP contribution >= 0.6 is 15.9 Å².